The van der Waals surface area contributed by atoms with Gasteiger partial charge in [-0.25, -0.2) is 0 Å². The van der Waals surface area contributed by atoms with E-state index >= 15 is 0 Å². The smallest absolute Gasteiger partial charge is 0 e. The van der Waals surface area contributed by atoms with E-state index in [-0.39, 0.29) is 20.1 Å². The summed E-state index contributed by atoms with van der Waals surface area (Å²) in [5.41, 5.74) is 2.66. The van der Waals surface area contributed by atoms with Gasteiger partial charge in [0.05, 0.1) is 0 Å². The Morgan fingerprint density at radius 1 is 0.722 bits per heavy atom. The van der Waals surface area contributed by atoms with Crippen molar-refractivity contribution in [2.45, 2.75) is 25.7 Å². The zero-order chi connectivity index (χ0) is 11.8. The molecule has 0 amide bonds. The van der Waals surface area contributed by atoms with E-state index in [4.69, 9.17) is 0 Å². The second-order valence-corrected chi connectivity index (χ2v) is 4.25. The first-order valence-corrected chi connectivity index (χ1v) is 6.37. The molecule has 0 aromatic rings. The maximum absolute atomic E-state index is 2.27. The second-order valence-electron chi connectivity index (χ2n) is 4.25. The SMILES string of the molecule is C1=CCCC=CCC1.[Ir].c1cc2cc[cH-]cc-2c1. The van der Waals surface area contributed by atoms with E-state index in [2.05, 4.69) is 66.8 Å². The van der Waals surface area contributed by atoms with Crippen LogP contribution in [-0.4, -0.2) is 0 Å². The minimum Gasteiger partial charge on any atom is -0.172 e. The maximum atomic E-state index is 2.27. The molecule has 0 nitrogen and oxygen atoms in total. The van der Waals surface area contributed by atoms with E-state index in [9.17, 15) is 0 Å². The summed E-state index contributed by atoms with van der Waals surface area (Å²) in [6.45, 7) is 0. The van der Waals surface area contributed by atoms with Crippen LogP contribution >= 0.6 is 0 Å². The van der Waals surface area contributed by atoms with Gasteiger partial charge in [-0.05, 0) is 25.7 Å². The third kappa shape index (κ3) is 5.08. The van der Waals surface area contributed by atoms with E-state index in [0.29, 0.717) is 0 Å². The first-order chi connectivity index (χ1) is 8.47. The molecule has 0 saturated carbocycles. The van der Waals surface area contributed by atoms with Gasteiger partial charge in [0, 0.05) is 20.1 Å². The molecule has 0 saturated heterocycles. The Kier molecular flexibility index (Phi) is 7.48. The molecule has 0 atom stereocenters. The summed E-state index contributed by atoms with van der Waals surface area (Å²) in [5.74, 6) is 0. The van der Waals surface area contributed by atoms with Crippen LogP contribution in [0.1, 0.15) is 25.7 Å². The molecular formula is C17H19Ir-. The van der Waals surface area contributed by atoms with E-state index in [1.54, 1.807) is 0 Å². The van der Waals surface area contributed by atoms with Crippen LogP contribution < -0.4 is 0 Å². The van der Waals surface area contributed by atoms with Crippen LogP contribution in [-0.2, 0) is 20.1 Å². The number of benzene rings is 1. The Bertz CT molecular complexity index is 397. The third-order valence-corrected chi connectivity index (χ3v) is 2.88. The number of hydrogen-bond acceptors (Lipinski definition) is 0. The van der Waals surface area contributed by atoms with Gasteiger partial charge in [-0.3, -0.25) is 0 Å². The fourth-order valence-electron chi connectivity index (χ4n) is 1.93. The molecule has 0 unspecified atom stereocenters. The van der Waals surface area contributed by atoms with Crippen LogP contribution in [0.15, 0.2) is 66.8 Å². The molecule has 0 fully saturated rings. The van der Waals surface area contributed by atoms with Gasteiger partial charge in [0.1, 0.15) is 0 Å². The van der Waals surface area contributed by atoms with Crippen molar-refractivity contribution in [2.75, 3.05) is 0 Å². The summed E-state index contributed by atoms with van der Waals surface area (Å²) in [7, 11) is 0. The minimum atomic E-state index is 0. The zero-order valence-electron chi connectivity index (χ0n) is 10.5. The third-order valence-electron chi connectivity index (χ3n) is 2.88. The molecule has 18 heavy (non-hydrogen) atoms. The van der Waals surface area contributed by atoms with Crippen LogP contribution in [0, 0.1) is 0 Å². The average molecular weight is 416 g/mol. The topological polar surface area (TPSA) is 0 Å². The molecule has 1 radical (unpaired) electrons. The standard InChI is InChI=1S/C9H7.C8H12.Ir/c1-2-5-9-7-3-6-8(9)4-1;1-2-4-6-8-7-5-3-1;/h1-7H;1-2,7-8H,3-6H2;/q-1;;. The molecule has 3 rings (SSSR count). The predicted octanol–water partition coefficient (Wildman–Crippen LogP) is 5.18. The number of hydrogen-bond donors (Lipinski definition) is 0. The monoisotopic (exact) mass is 416 g/mol. The summed E-state index contributed by atoms with van der Waals surface area (Å²) in [6, 6.07) is 14.7. The summed E-state index contributed by atoms with van der Waals surface area (Å²) in [6.07, 6.45) is 14.0. The van der Waals surface area contributed by atoms with Crippen molar-refractivity contribution in [3.8, 4) is 11.1 Å². The van der Waals surface area contributed by atoms with E-state index in [0.717, 1.165) is 0 Å². The van der Waals surface area contributed by atoms with Gasteiger partial charge >= 0.3 is 0 Å². The summed E-state index contributed by atoms with van der Waals surface area (Å²) < 4.78 is 0. The first kappa shape index (κ1) is 15.0. The molecule has 0 aromatic carbocycles. The van der Waals surface area contributed by atoms with Crippen LogP contribution in [0.5, 0.6) is 0 Å². The molecule has 0 spiro atoms. The second kappa shape index (κ2) is 8.96. The van der Waals surface area contributed by atoms with E-state index < -0.39 is 0 Å². The molecule has 3 aliphatic carbocycles. The van der Waals surface area contributed by atoms with E-state index in [1.807, 2.05) is 0 Å². The quantitative estimate of drug-likeness (QED) is 0.411. The Balaban J connectivity index is 0.000000172. The first-order valence-electron chi connectivity index (χ1n) is 6.37. The molecule has 0 heterocycles. The van der Waals surface area contributed by atoms with Crippen molar-refractivity contribution in [1.29, 1.82) is 0 Å². The van der Waals surface area contributed by atoms with Gasteiger partial charge in [0.2, 0.25) is 0 Å². The number of rotatable bonds is 0. The number of fused-ring (bicyclic) bond motifs is 1. The molecule has 0 aromatic heterocycles. The van der Waals surface area contributed by atoms with Gasteiger partial charge in [0.15, 0.2) is 0 Å². The molecule has 3 aliphatic rings. The van der Waals surface area contributed by atoms with Crippen molar-refractivity contribution >= 4 is 0 Å². The van der Waals surface area contributed by atoms with Gasteiger partial charge in [-0.1, -0.05) is 36.4 Å². The van der Waals surface area contributed by atoms with Crippen molar-refractivity contribution in [2.24, 2.45) is 0 Å². The van der Waals surface area contributed by atoms with E-state index in [1.165, 1.54) is 36.8 Å². The minimum absolute atomic E-state index is 0. The van der Waals surface area contributed by atoms with Crippen molar-refractivity contribution < 1.29 is 20.1 Å². The van der Waals surface area contributed by atoms with Crippen LogP contribution in [0.2, 0.25) is 0 Å². The van der Waals surface area contributed by atoms with Crippen LogP contribution in [0.3, 0.4) is 0 Å². The molecule has 0 aliphatic heterocycles. The average Bonchev–Trinajstić information content (AvgIpc) is 2.76. The molecule has 97 valence electrons. The molecule has 0 bridgehead atoms. The number of allylic oxidation sites excluding steroid dienone is 4. The Morgan fingerprint density at radius 3 is 1.83 bits per heavy atom. The van der Waals surface area contributed by atoms with Gasteiger partial charge in [0.25, 0.3) is 0 Å². The van der Waals surface area contributed by atoms with Crippen molar-refractivity contribution in [1.82, 2.24) is 0 Å². The van der Waals surface area contributed by atoms with Gasteiger partial charge in [-0.15, -0.1) is 17.2 Å². The Morgan fingerprint density at radius 2 is 1.28 bits per heavy atom. The van der Waals surface area contributed by atoms with Crippen LogP contribution in [0.25, 0.3) is 11.1 Å². The summed E-state index contributed by atoms with van der Waals surface area (Å²) in [4.78, 5) is 0. The summed E-state index contributed by atoms with van der Waals surface area (Å²) >= 11 is 0. The summed E-state index contributed by atoms with van der Waals surface area (Å²) in [5, 5.41) is 0. The Labute approximate surface area is 123 Å². The van der Waals surface area contributed by atoms with Crippen LogP contribution in [0.4, 0.5) is 0 Å². The maximum Gasteiger partial charge on any atom is 0 e. The fourth-order valence-corrected chi connectivity index (χ4v) is 1.93. The van der Waals surface area contributed by atoms with Gasteiger partial charge < -0.3 is 0 Å². The molecule has 1 heteroatoms. The van der Waals surface area contributed by atoms with Crippen molar-refractivity contribution in [3.05, 3.63) is 66.8 Å². The zero-order valence-corrected chi connectivity index (χ0v) is 12.9. The molecular weight excluding hydrogens is 396 g/mol. The Hall–Kier alpha value is -1.04. The fraction of sp³-hybridized carbons (Fsp3) is 0.235. The van der Waals surface area contributed by atoms with Gasteiger partial charge in [-0.2, -0.15) is 24.3 Å². The predicted molar refractivity (Wildman–Crippen MR) is 75.4 cm³/mol. The molecule has 0 N–H and O–H groups in total. The normalized spacial score (nSPS) is 14.0. The van der Waals surface area contributed by atoms with Crippen molar-refractivity contribution in [3.63, 3.8) is 0 Å². The largest absolute Gasteiger partial charge is 0.172 e.